The van der Waals surface area contributed by atoms with Crippen molar-refractivity contribution in [1.29, 1.82) is 0 Å². The third-order valence-electron chi connectivity index (χ3n) is 7.51. The van der Waals surface area contributed by atoms with Gasteiger partial charge in [-0.05, 0) is 62.2 Å². The van der Waals surface area contributed by atoms with Crippen LogP contribution in [-0.2, 0) is 4.79 Å². The third kappa shape index (κ3) is 5.70. The van der Waals surface area contributed by atoms with Gasteiger partial charge in [0, 0.05) is 12.3 Å². The first-order valence-corrected chi connectivity index (χ1v) is 11.4. The predicted molar refractivity (Wildman–Crippen MR) is 111 cm³/mol. The fourth-order valence-corrected chi connectivity index (χ4v) is 5.93. The summed E-state index contributed by atoms with van der Waals surface area (Å²) in [6.45, 7) is 2.27. The number of rotatable bonds is 9. The van der Waals surface area contributed by atoms with Crippen LogP contribution in [0, 0.1) is 29.6 Å². The van der Waals surface area contributed by atoms with Crippen molar-refractivity contribution in [3.05, 3.63) is 23.8 Å². The van der Waals surface area contributed by atoms with E-state index in [1.807, 2.05) is 6.08 Å². The van der Waals surface area contributed by atoms with E-state index in [2.05, 4.69) is 19.1 Å². The van der Waals surface area contributed by atoms with Crippen molar-refractivity contribution >= 4 is 5.97 Å². The maximum absolute atomic E-state index is 10.6. The zero-order valence-electron chi connectivity index (χ0n) is 17.3. The fourth-order valence-electron chi connectivity index (χ4n) is 5.93. The lowest BCUT2D eigenvalue weighted by Gasteiger charge is -2.21. The summed E-state index contributed by atoms with van der Waals surface area (Å²) >= 11 is 0. The number of unbranched alkanes of at least 4 members (excludes halogenated alkanes) is 1. The van der Waals surface area contributed by atoms with Gasteiger partial charge >= 0.3 is 5.97 Å². The minimum Gasteiger partial charge on any atom is -0.481 e. The molecule has 0 saturated heterocycles. The van der Waals surface area contributed by atoms with Gasteiger partial charge in [0.25, 0.3) is 0 Å². The molecule has 4 nitrogen and oxygen atoms in total. The smallest absolute Gasteiger partial charge is 0.303 e. The highest BCUT2D eigenvalue weighted by molar-refractivity contribution is 5.66. The van der Waals surface area contributed by atoms with Crippen molar-refractivity contribution in [3.8, 4) is 0 Å². The van der Waals surface area contributed by atoms with Crippen molar-refractivity contribution in [2.75, 3.05) is 0 Å². The molecule has 3 aliphatic carbocycles. The van der Waals surface area contributed by atoms with Gasteiger partial charge in [-0.3, -0.25) is 4.79 Å². The highest BCUT2D eigenvalue weighted by atomic mass is 16.4. The maximum atomic E-state index is 10.6. The first-order valence-electron chi connectivity index (χ1n) is 11.4. The summed E-state index contributed by atoms with van der Waals surface area (Å²) in [6.07, 6.45) is 16.4. The Labute approximate surface area is 169 Å². The highest BCUT2D eigenvalue weighted by Crippen LogP contribution is 2.50. The summed E-state index contributed by atoms with van der Waals surface area (Å²) in [4.78, 5) is 10.6. The lowest BCUT2D eigenvalue weighted by molar-refractivity contribution is -0.137. The summed E-state index contributed by atoms with van der Waals surface area (Å²) in [7, 11) is 0. The number of allylic oxidation sites excluding steroid dienone is 2. The van der Waals surface area contributed by atoms with Gasteiger partial charge in [0.2, 0.25) is 0 Å². The Morgan fingerprint density at radius 2 is 2.00 bits per heavy atom. The molecule has 28 heavy (non-hydrogen) atoms. The summed E-state index contributed by atoms with van der Waals surface area (Å²) in [5, 5.41) is 29.7. The minimum absolute atomic E-state index is 0.145. The van der Waals surface area contributed by atoms with Gasteiger partial charge < -0.3 is 15.3 Å². The van der Waals surface area contributed by atoms with Gasteiger partial charge in [-0.1, -0.05) is 56.4 Å². The predicted octanol–water partition coefficient (Wildman–Crippen LogP) is 4.71. The molecule has 0 bridgehead atoms. The highest BCUT2D eigenvalue weighted by Gasteiger charge is 2.44. The number of hydrogen-bond donors (Lipinski definition) is 3. The number of carbonyl (C=O) groups is 1. The van der Waals surface area contributed by atoms with Crippen molar-refractivity contribution in [3.63, 3.8) is 0 Å². The van der Waals surface area contributed by atoms with Crippen molar-refractivity contribution < 1.29 is 20.1 Å². The molecule has 4 heteroatoms. The van der Waals surface area contributed by atoms with Crippen LogP contribution in [0.15, 0.2) is 23.8 Å². The largest absolute Gasteiger partial charge is 0.481 e. The Kier molecular flexibility index (Phi) is 7.76. The minimum atomic E-state index is -0.726. The molecule has 158 valence electrons. The Balaban J connectivity index is 1.48. The molecule has 3 saturated carbocycles. The van der Waals surface area contributed by atoms with Gasteiger partial charge in [-0.2, -0.15) is 0 Å². The van der Waals surface area contributed by atoms with Gasteiger partial charge in [0.05, 0.1) is 12.2 Å². The van der Waals surface area contributed by atoms with Gasteiger partial charge in [0.1, 0.15) is 0 Å². The molecule has 0 aliphatic heterocycles. The van der Waals surface area contributed by atoms with Crippen LogP contribution in [0.3, 0.4) is 0 Å². The first-order chi connectivity index (χ1) is 13.4. The van der Waals surface area contributed by atoms with E-state index in [1.165, 1.54) is 31.3 Å². The molecule has 3 aliphatic rings. The molecule has 0 radical (unpaired) electrons. The van der Waals surface area contributed by atoms with Crippen LogP contribution in [-0.4, -0.2) is 33.5 Å². The molecule has 1 unspecified atom stereocenters. The Hall–Kier alpha value is -1.13. The third-order valence-corrected chi connectivity index (χ3v) is 7.51. The zero-order chi connectivity index (χ0) is 20.1. The standard InChI is InChI=1S/C24H38O4/c1-16(18-7-3-4-8-18)12-20(25)10-11-21-22-14-17(6-2-5-9-24(27)28)13-19(22)15-23(21)26/h6,10-11,16,18-23,25-26H,2-5,7-9,12-15H2,1H3,(H,27,28)/b11-10+,17-6+/t16?,19-,20+,21-,22+,23-/m1/s1. The average molecular weight is 391 g/mol. The second-order valence-electron chi connectivity index (χ2n) is 9.57. The number of aliphatic hydroxyl groups excluding tert-OH is 2. The van der Waals surface area contributed by atoms with E-state index in [0.29, 0.717) is 24.2 Å². The van der Waals surface area contributed by atoms with Crippen LogP contribution < -0.4 is 0 Å². The zero-order valence-corrected chi connectivity index (χ0v) is 17.3. The summed E-state index contributed by atoms with van der Waals surface area (Å²) in [6, 6.07) is 0. The number of carboxylic acids is 1. The average Bonchev–Trinajstić information content (AvgIpc) is 3.34. The van der Waals surface area contributed by atoms with Crippen molar-refractivity contribution in [2.45, 2.75) is 89.8 Å². The Bertz CT molecular complexity index is 575. The molecule has 0 amide bonds. The van der Waals surface area contributed by atoms with Crippen LogP contribution in [0.25, 0.3) is 0 Å². The van der Waals surface area contributed by atoms with Crippen molar-refractivity contribution in [2.24, 2.45) is 29.6 Å². The molecule has 3 N–H and O–H groups in total. The molecule has 6 atom stereocenters. The molecule has 0 aromatic heterocycles. The topological polar surface area (TPSA) is 77.8 Å². The van der Waals surface area contributed by atoms with Crippen LogP contribution in [0.2, 0.25) is 0 Å². The van der Waals surface area contributed by atoms with E-state index < -0.39 is 12.1 Å². The second kappa shape index (κ2) is 10.1. The molecular weight excluding hydrogens is 352 g/mol. The van der Waals surface area contributed by atoms with Gasteiger partial charge in [-0.25, -0.2) is 0 Å². The summed E-state index contributed by atoms with van der Waals surface area (Å²) in [5.41, 5.74) is 1.43. The number of carboxylic acid groups (broad SMARTS) is 1. The number of hydrogen-bond acceptors (Lipinski definition) is 3. The van der Waals surface area contributed by atoms with E-state index >= 15 is 0 Å². The van der Waals surface area contributed by atoms with E-state index in [9.17, 15) is 15.0 Å². The lowest BCUT2D eigenvalue weighted by atomic mass is 9.86. The molecule has 0 spiro atoms. The summed E-state index contributed by atoms with van der Waals surface area (Å²) < 4.78 is 0. The molecular formula is C24H38O4. The first kappa shape index (κ1) is 21.6. The Morgan fingerprint density at radius 3 is 2.71 bits per heavy atom. The number of aliphatic carboxylic acids is 1. The molecule has 0 aromatic carbocycles. The lowest BCUT2D eigenvalue weighted by Crippen LogP contribution is -2.19. The second-order valence-corrected chi connectivity index (χ2v) is 9.57. The molecule has 3 fully saturated rings. The van der Waals surface area contributed by atoms with E-state index in [0.717, 1.165) is 38.0 Å². The van der Waals surface area contributed by atoms with Crippen LogP contribution >= 0.6 is 0 Å². The Morgan fingerprint density at radius 1 is 1.25 bits per heavy atom. The van der Waals surface area contributed by atoms with Crippen molar-refractivity contribution in [1.82, 2.24) is 0 Å². The monoisotopic (exact) mass is 390 g/mol. The van der Waals surface area contributed by atoms with E-state index in [-0.39, 0.29) is 18.4 Å². The normalized spacial score (nSPS) is 34.3. The van der Waals surface area contributed by atoms with Gasteiger partial charge in [0.15, 0.2) is 0 Å². The van der Waals surface area contributed by atoms with Crippen LogP contribution in [0.4, 0.5) is 0 Å². The molecule has 3 rings (SSSR count). The number of fused-ring (bicyclic) bond motifs is 1. The van der Waals surface area contributed by atoms with E-state index in [4.69, 9.17) is 5.11 Å². The fraction of sp³-hybridized carbons (Fsp3) is 0.792. The maximum Gasteiger partial charge on any atom is 0.303 e. The number of aliphatic hydroxyl groups is 2. The summed E-state index contributed by atoms with van der Waals surface area (Å²) in [5.74, 6) is 1.76. The van der Waals surface area contributed by atoms with E-state index in [1.54, 1.807) is 0 Å². The molecule has 0 heterocycles. The van der Waals surface area contributed by atoms with Gasteiger partial charge in [-0.15, -0.1) is 0 Å². The molecule has 0 aromatic rings. The van der Waals surface area contributed by atoms with Crippen LogP contribution in [0.1, 0.15) is 77.6 Å². The SMILES string of the molecule is CC(C[C@@H](O)/C=C/[C@@H]1[C@H]2C/C(=C/CCCC(=O)O)C[C@@H]2C[C@H]1O)C1CCCC1. The van der Waals surface area contributed by atoms with Crippen LogP contribution in [0.5, 0.6) is 0 Å². The quantitative estimate of drug-likeness (QED) is 0.394.